The summed E-state index contributed by atoms with van der Waals surface area (Å²) in [5.74, 6) is 0.218. The summed E-state index contributed by atoms with van der Waals surface area (Å²) in [7, 11) is 3.54. The molecular weight excluding hydrogens is 288 g/mol. The van der Waals surface area contributed by atoms with Crippen molar-refractivity contribution in [3.63, 3.8) is 0 Å². The first-order chi connectivity index (χ1) is 10.0. The molecule has 0 saturated carbocycles. The smallest absolute Gasteiger partial charge is 0.339 e. The molecule has 0 amide bonds. The number of carbonyl (C=O) groups excluding carboxylic acids is 1. The molecule has 1 aliphatic rings. The number of benzene rings is 1. The number of methoxy groups -OCH3 is 1. The second-order valence-electron chi connectivity index (χ2n) is 5.78. The molecule has 1 saturated heterocycles. The predicted molar refractivity (Wildman–Crippen MR) is 86.1 cm³/mol. The van der Waals surface area contributed by atoms with Gasteiger partial charge in [0, 0.05) is 17.6 Å². The van der Waals surface area contributed by atoms with Crippen LogP contribution >= 0.6 is 11.6 Å². The lowest BCUT2D eigenvalue weighted by molar-refractivity contribution is 0.0601. The first-order valence-corrected chi connectivity index (χ1v) is 7.72. The minimum atomic E-state index is -0.345. The molecule has 1 aromatic carbocycles. The van der Waals surface area contributed by atoms with E-state index in [0.29, 0.717) is 16.5 Å². The molecule has 1 aromatic rings. The summed E-state index contributed by atoms with van der Waals surface area (Å²) < 4.78 is 4.83. The van der Waals surface area contributed by atoms with Crippen LogP contribution in [-0.2, 0) is 4.74 Å². The maximum atomic E-state index is 11.8. The molecule has 0 aromatic heterocycles. The van der Waals surface area contributed by atoms with Crippen molar-refractivity contribution in [1.82, 2.24) is 4.90 Å². The van der Waals surface area contributed by atoms with Gasteiger partial charge in [0.1, 0.15) is 0 Å². The van der Waals surface area contributed by atoms with Gasteiger partial charge >= 0.3 is 5.97 Å². The Balaban J connectivity index is 2.14. The highest BCUT2D eigenvalue weighted by Crippen LogP contribution is 2.26. The van der Waals surface area contributed by atoms with E-state index >= 15 is 0 Å². The number of ether oxygens (including phenoxy) is 1. The molecule has 2 unspecified atom stereocenters. The topological polar surface area (TPSA) is 41.6 Å². The fraction of sp³-hybridized carbons (Fsp3) is 0.562. The van der Waals surface area contributed by atoms with Gasteiger partial charge in [0.05, 0.1) is 18.4 Å². The first-order valence-electron chi connectivity index (χ1n) is 7.34. The van der Waals surface area contributed by atoms with Gasteiger partial charge in [-0.05, 0) is 57.5 Å². The first kappa shape index (κ1) is 16.1. The van der Waals surface area contributed by atoms with E-state index < -0.39 is 0 Å². The van der Waals surface area contributed by atoms with Gasteiger partial charge in [-0.1, -0.05) is 11.6 Å². The summed E-state index contributed by atoms with van der Waals surface area (Å²) in [6, 6.07) is 5.47. The summed E-state index contributed by atoms with van der Waals surface area (Å²) in [5, 5.41) is 4.05. The van der Waals surface area contributed by atoms with E-state index in [1.807, 2.05) is 0 Å². The van der Waals surface area contributed by atoms with Crippen LogP contribution in [-0.4, -0.2) is 44.2 Å². The van der Waals surface area contributed by atoms with Crippen molar-refractivity contribution < 1.29 is 9.53 Å². The van der Waals surface area contributed by atoms with Crippen LogP contribution in [0.4, 0.5) is 5.69 Å². The Hall–Kier alpha value is -1.26. The van der Waals surface area contributed by atoms with Gasteiger partial charge in [-0.2, -0.15) is 0 Å². The fourth-order valence-electron chi connectivity index (χ4n) is 2.90. The number of hydrogen-bond donors (Lipinski definition) is 1. The lowest BCUT2D eigenvalue weighted by atomic mass is 9.91. The Morgan fingerprint density at radius 1 is 1.52 bits per heavy atom. The van der Waals surface area contributed by atoms with E-state index in [4.69, 9.17) is 16.3 Å². The number of anilines is 1. The Morgan fingerprint density at radius 2 is 2.29 bits per heavy atom. The molecule has 2 rings (SSSR count). The van der Waals surface area contributed by atoms with Gasteiger partial charge < -0.3 is 15.0 Å². The summed E-state index contributed by atoms with van der Waals surface area (Å²) in [6.45, 7) is 4.39. The molecule has 116 valence electrons. The highest BCUT2D eigenvalue weighted by Gasteiger charge is 2.24. The van der Waals surface area contributed by atoms with Crippen molar-refractivity contribution in [2.24, 2.45) is 5.92 Å². The van der Waals surface area contributed by atoms with Crippen molar-refractivity contribution in [3.8, 4) is 0 Å². The molecule has 0 aliphatic carbocycles. The van der Waals surface area contributed by atoms with Crippen molar-refractivity contribution in [2.75, 3.05) is 32.6 Å². The van der Waals surface area contributed by atoms with Crippen molar-refractivity contribution in [2.45, 2.75) is 25.8 Å². The number of hydrogen-bond acceptors (Lipinski definition) is 4. The number of carbonyl (C=O) groups is 1. The van der Waals surface area contributed by atoms with E-state index in [9.17, 15) is 4.79 Å². The second-order valence-corrected chi connectivity index (χ2v) is 6.22. The number of rotatable bonds is 4. The molecule has 0 radical (unpaired) electrons. The van der Waals surface area contributed by atoms with Gasteiger partial charge in [-0.3, -0.25) is 0 Å². The Morgan fingerprint density at radius 3 is 2.95 bits per heavy atom. The van der Waals surface area contributed by atoms with Crippen molar-refractivity contribution in [3.05, 3.63) is 28.8 Å². The van der Waals surface area contributed by atoms with Crippen LogP contribution in [0.15, 0.2) is 18.2 Å². The average molecular weight is 311 g/mol. The maximum absolute atomic E-state index is 11.8. The van der Waals surface area contributed by atoms with Crippen molar-refractivity contribution >= 4 is 23.3 Å². The summed E-state index contributed by atoms with van der Waals surface area (Å²) in [4.78, 5) is 14.2. The third-order valence-electron chi connectivity index (χ3n) is 4.14. The number of esters is 1. The number of halogens is 1. The van der Waals surface area contributed by atoms with Crippen LogP contribution < -0.4 is 5.32 Å². The molecule has 21 heavy (non-hydrogen) atoms. The zero-order valence-corrected chi connectivity index (χ0v) is 13.6. The highest BCUT2D eigenvalue weighted by atomic mass is 35.5. The third kappa shape index (κ3) is 4.11. The van der Waals surface area contributed by atoms with Crippen LogP contribution in [0.2, 0.25) is 5.02 Å². The van der Waals surface area contributed by atoms with Crippen molar-refractivity contribution in [1.29, 1.82) is 0 Å². The van der Waals surface area contributed by atoms with E-state index in [0.717, 1.165) is 18.8 Å². The molecule has 4 nitrogen and oxygen atoms in total. The Labute approximate surface area is 131 Å². The Kier molecular flexibility index (Phi) is 5.48. The van der Waals surface area contributed by atoms with Crippen LogP contribution in [0.1, 0.15) is 30.1 Å². The molecule has 1 aliphatic heterocycles. The Bertz CT molecular complexity index is 507. The van der Waals surface area contributed by atoms with E-state index in [-0.39, 0.29) is 12.0 Å². The number of piperidine rings is 1. The second kappa shape index (κ2) is 7.14. The lowest BCUT2D eigenvalue weighted by Crippen LogP contribution is -2.40. The quantitative estimate of drug-likeness (QED) is 0.867. The average Bonchev–Trinajstić information content (AvgIpc) is 2.46. The summed E-state index contributed by atoms with van der Waals surface area (Å²) in [5.41, 5.74) is 1.27. The van der Waals surface area contributed by atoms with Crippen LogP contribution in [0.3, 0.4) is 0 Å². The summed E-state index contributed by atoms with van der Waals surface area (Å²) >= 11 is 6.06. The maximum Gasteiger partial charge on any atom is 0.339 e. The lowest BCUT2D eigenvalue weighted by Gasteiger charge is -2.34. The van der Waals surface area contributed by atoms with E-state index in [2.05, 4.69) is 24.2 Å². The van der Waals surface area contributed by atoms with Gasteiger partial charge in [0.15, 0.2) is 0 Å². The summed E-state index contributed by atoms with van der Waals surface area (Å²) in [6.07, 6.45) is 2.42. The fourth-order valence-corrected chi connectivity index (χ4v) is 3.07. The van der Waals surface area contributed by atoms with E-state index in [1.54, 1.807) is 18.2 Å². The monoisotopic (exact) mass is 310 g/mol. The molecule has 2 atom stereocenters. The zero-order valence-electron chi connectivity index (χ0n) is 12.9. The minimum Gasteiger partial charge on any atom is -0.465 e. The molecule has 1 heterocycles. The van der Waals surface area contributed by atoms with Gasteiger partial charge in [-0.15, -0.1) is 0 Å². The number of nitrogens with zero attached hydrogens (tertiary/aromatic N) is 1. The number of likely N-dealkylation sites (tertiary alicyclic amines) is 1. The van der Waals surface area contributed by atoms with Gasteiger partial charge in [0.2, 0.25) is 0 Å². The SMILES string of the molecule is COC(=O)c1ccc(Cl)cc1NC(C)C1CCCN(C)C1. The van der Waals surface area contributed by atoms with Crippen LogP contribution in [0.25, 0.3) is 0 Å². The van der Waals surface area contributed by atoms with E-state index in [1.165, 1.54) is 20.0 Å². The molecule has 1 N–H and O–H groups in total. The normalized spacial score (nSPS) is 20.9. The molecular formula is C16H23ClN2O2. The molecule has 1 fully saturated rings. The van der Waals surface area contributed by atoms with Gasteiger partial charge in [-0.25, -0.2) is 4.79 Å². The number of nitrogens with one attached hydrogen (secondary N) is 1. The minimum absolute atomic E-state index is 0.273. The van der Waals surface area contributed by atoms with Crippen LogP contribution in [0, 0.1) is 5.92 Å². The predicted octanol–water partition coefficient (Wildman–Crippen LogP) is 3.27. The zero-order chi connectivity index (χ0) is 15.4. The largest absolute Gasteiger partial charge is 0.465 e. The standard InChI is InChI=1S/C16H23ClN2O2/c1-11(12-5-4-8-19(2)10-12)18-15-9-13(17)6-7-14(15)16(20)21-3/h6-7,9,11-12,18H,4-5,8,10H2,1-3H3. The van der Waals surface area contributed by atoms with Crippen LogP contribution in [0.5, 0.6) is 0 Å². The molecule has 0 spiro atoms. The highest BCUT2D eigenvalue weighted by molar-refractivity contribution is 6.31. The third-order valence-corrected chi connectivity index (χ3v) is 4.37. The molecule has 0 bridgehead atoms. The van der Waals surface area contributed by atoms with Gasteiger partial charge in [0.25, 0.3) is 0 Å². The molecule has 5 heteroatoms.